The van der Waals surface area contributed by atoms with Crippen LogP contribution in [0.4, 0.5) is 0 Å². The van der Waals surface area contributed by atoms with Gasteiger partial charge in [-0.15, -0.1) is 11.3 Å². The van der Waals surface area contributed by atoms with E-state index in [1.165, 1.54) is 30.6 Å². The normalized spacial score (nSPS) is 43.7. The van der Waals surface area contributed by atoms with E-state index in [4.69, 9.17) is 0 Å². The van der Waals surface area contributed by atoms with Crippen LogP contribution in [-0.4, -0.2) is 28.3 Å². The Bertz CT molecular complexity index is 952. The Labute approximate surface area is 230 Å². The molecule has 0 saturated heterocycles. The van der Waals surface area contributed by atoms with E-state index in [9.17, 15) is 15.0 Å². The molecule has 1 aromatic rings. The molecule has 11 atom stereocenters. The first-order valence-corrected chi connectivity index (χ1v) is 16.1. The molecule has 1 aromatic heterocycles. The molecule has 6 heteroatoms. The van der Waals surface area contributed by atoms with Gasteiger partial charge in [-0.2, -0.15) is 0 Å². The van der Waals surface area contributed by atoms with Crippen molar-refractivity contribution in [1.29, 1.82) is 0 Å². The van der Waals surface area contributed by atoms with Crippen LogP contribution in [0.5, 0.6) is 0 Å². The van der Waals surface area contributed by atoms with Crippen LogP contribution in [0.15, 0.2) is 15.9 Å². The van der Waals surface area contributed by atoms with E-state index in [1.807, 2.05) is 0 Å². The third-order valence-corrected chi connectivity index (χ3v) is 13.3. The van der Waals surface area contributed by atoms with Gasteiger partial charge in [0.25, 0.3) is 0 Å². The van der Waals surface area contributed by atoms with Crippen molar-refractivity contribution in [2.75, 3.05) is 0 Å². The molecular weight excluding hydrogens is 534 g/mol. The second kappa shape index (κ2) is 10.3. The molecule has 4 nitrogen and oxygen atoms in total. The van der Waals surface area contributed by atoms with E-state index in [0.717, 1.165) is 35.9 Å². The number of hydrogen-bond acceptors (Lipinski definition) is 4. The van der Waals surface area contributed by atoms with E-state index < -0.39 is 0 Å². The fourth-order valence-corrected chi connectivity index (χ4v) is 11.3. The van der Waals surface area contributed by atoms with E-state index in [-0.39, 0.29) is 35.0 Å². The van der Waals surface area contributed by atoms with Crippen LogP contribution < -0.4 is 5.32 Å². The number of carbonyl (C=O) groups is 1. The third kappa shape index (κ3) is 4.64. The first-order valence-electron chi connectivity index (χ1n) is 14.5. The monoisotopic (exact) mass is 579 g/mol. The van der Waals surface area contributed by atoms with Crippen LogP contribution in [0.25, 0.3) is 0 Å². The van der Waals surface area contributed by atoms with Crippen LogP contribution in [0.3, 0.4) is 0 Å². The second-order valence-corrected chi connectivity index (χ2v) is 15.8. The Morgan fingerprint density at radius 1 is 1.11 bits per heavy atom. The van der Waals surface area contributed by atoms with Gasteiger partial charge >= 0.3 is 0 Å². The van der Waals surface area contributed by atoms with Crippen molar-refractivity contribution in [1.82, 2.24) is 5.32 Å². The maximum absolute atomic E-state index is 13.2. The standard InChI is InChI=1S/C30H46BrNO3S/c1-5-23(25-8-9-26(31)36-25)32-27(35)14-17(2)20-6-7-21-28-22(11-13-30(20,21)4)29(3)12-10-19(33)15-18(29)16-24(28)34/h8-9,17-24,28,33-34H,5-7,10-16H2,1-4H3,(H,32,35)/t17-,18?,19?,20?,21+,22+,23?,24-,28?,29?,30?/m1/s1. The Hall–Kier alpha value is -0.430. The molecule has 202 valence electrons. The van der Waals surface area contributed by atoms with Crippen LogP contribution in [0.2, 0.25) is 0 Å². The van der Waals surface area contributed by atoms with Gasteiger partial charge in [0.1, 0.15) is 0 Å². The van der Waals surface area contributed by atoms with Crippen molar-refractivity contribution in [3.8, 4) is 0 Å². The van der Waals surface area contributed by atoms with Crippen molar-refractivity contribution < 1.29 is 15.0 Å². The number of aliphatic hydroxyl groups excluding tert-OH is 2. The first kappa shape index (κ1) is 27.1. The summed E-state index contributed by atoms with van der Waals surface area (Å²) in [7, 11) is 0. The summed E-state index contributed by atoms with van der Waals surface area (Å²) in [5.41, 5.74) is 0.474. The summed E-state index contributed by atoms with van der Waals surface area (Å²) in [6.07, 6.45) is 9.60. The van der Waals surface area contributed by atoms with Gasteiger partial charge in [0.2, 0.25) is 5.91 Å². The highest BCUT2D eigenvalue weighted by Crippen LogP contribution is 2.68. The summed E-state index contributed by atoms with van der Waals surface area (Å²) in [6.45, 7) is 9.40. The van der Waals surface area contributed by atoms with Gasteiger partial charge in [0.15, 0.2) is 0 Å². The minimum atomic E-state index is -0.240. The number of hydrogen-bond donors (Lipinski definition) is 3. The maximum Gasteiger partial charge on any atom is 0.220 e. The van der Waals surface area contributed by atoms with Crippen LogP contribution in [0.1, 0.15) is 103 Å². The lowest BCUT2D eigenvalue weighted by molar-refractivity contribution is -0.174. The number of rotatable bonds is 6. The van der Waals surface area contributed by atoms with Crippen molar-refractivity contribution in [3.63, 3.8) is 0 Å². The molecule has 0 radical (unpaired) electrons. The van der Waals surface area contributed by atoms with Crippen molar-refractivity contribution in [3.05, 3.63) is 20.8 Å². The fraction of sp³-hybridized carbons (Fsp3) is 0.833. The summed E-state index contributed by atoms with van der Waals surface area (Å²) in [6, 6.07) is 4.26. The predicted octanol–water partition coefficient (Wildman–Crippen LogP) is 7.09. The summed E-state index contributed by atoms with van der Waals surface area (Å²) in [5.74, 6) is 3.02. The molecule has 4 aliphatic rings. The Balaban J connectivity index is 1.27. The van der Waals surface area contributed by atoms with E-state index >= 15 is 0 Å². The minimum Gasteiger partial charge on any atom is -0.393 e. The molecule has 1 heterocycles. The fourth-order valence-electron chi connectivity index (χ4n) is 9.75. The van der Waals surface area contributed by atoms with Gasteiger partial charge in [-0.05, 0) is 132 Å². The van der Waals surface area contributed by atoms with Gasteiger partial charge in [-0.3, -0.25) is 4.79 Å². The highest BCUT2D eigenvalue weighted by atomic mass is 79.9. The molecular formula is C30H46BrNO3S. The Morgan fingerprint density at radius 2 is 1.83 bits per heavy atom. The van der Waals surface area contributed by atoms with Crippen LogP contribution in [0, 0.1) is 46.3 Å². The predicted molar refractivity (Wildman–Crippen MR) is 150 cm³/mol. The number of aliphatic hydroxyl groups is 2. The van der Waals surface area contributed by atoms with Gasteiger partial charge < -0.3 is 15.5 Å². The number of thiophene rings is 1. The van der Waals surface area contributed by atoms with Crippen molar-refractivity contribution in [2.45, 2.75) is 110 Å². The Morgan fingerprint density at radius 3 is 2.53 bits per heavy atom. The van der Waals surface area contributed by atoms with E-state index in [0.29, 0.717) is 41.9 Å². The number of halogens is 1. The number of fused-ring (bicyclic) bond motifs is 5. The zero-order valence-corrected chi connectivity index (χ0v) is 24.9. The quantitative estimate of drug-likeness (QED) is 0.336. The van der Waals surface area contributed by atoms with Gasteiger partial charge in [-0.25, -0.2) is 0 Å². The lowest BCUT2D eigenvalue weighted by Crippen LogP contribution is -2.58. The summed E-state index contributed by atoms with van der Waals surface area (Å²) in [4.78, 5) is 14.4. The minimum absolute atomic E-state index is 0.0865. The number of nitrogens with one attached hydrogen (secondary N) is 1. The SMILES string of the molecule is CCC(NC(=O)C[C@@H](C)C1CC[C@H]2C3[C@H](O)CC4CC(O)CCC4(C)[C@H]3CCC12C)c1ccc(Br)s1. The molecule has 0 aromatic carbocycles. The van der Waals surface area contributed by atoms with Crippen molar-refractivity contribution >= 4 is 33.2 Å². The van der Waals surface area contributed by atoms with Crippen LogP contribution in [-0.2, 0) is 4.79 Å². The summed E-state index contributed by atoms with van der Waals surface area (Å²) in [5, 5.41) is 25.1. The average molecular weight is 581 g/mol. The van der Waals surface area contributed by atoms with Crippen LogP contribution >= 0.6 is 27.3 Å². The van der Waals surface area contributed by atoms with Crippen molar-refractivity contribution in [2.24, 2.45) is 46.3 Å². The largest absolute Gasteiger partial charge is 0.393 e. The van der Waals surface area contributed by atoms with Gasteiger partial charge in [-0.1, -0.05) is 27.7 Å². The molecule has 4 fully saturated rings. The third-order valence-electron chi connectivity index (χ3n) is 11.6. The summed E-state index contributed by atoms with van der Waals surface area (Å²) < 4.78 is 1.11. The zero-order chi connectivity index (χ0) is 25.8. The first-order chi connectivity index (χ1) is 17.1. The highest BCUT2D eigenvalue weighted by molar-refractivity contribution is 9.11. The number of carbonyl (C=O) groups excluding carboxylic acids is 1. The molecule has 4 saturated carbocycles. The molecule has 7 unspecified atom stereocenters. The second-order valence-electron chi connectivity index (χ2n) is 13.3. The zero-order valence-electron chi connectivity index (χ0n) is 22.5. The average Bonchev–Trinajstić information content (AvgIpc) is 3.41. The van der Waals surface area contributed by atoms with E-state index in [2.05, 4.69) is 61.1 Å². The number of amides is 1. The molecule has 0 bridgehead atoms. The Kier molecular flexibility index (Phi) is 7.75. The molecule has 3 N–H and O–H groups in total. The molecule has 1 amide bonds. The van der Waals surface area contributed by atoms with Gasteiger partial charge in [0.05, 0.1) is 22.0 Å². The highest BCUT2D eigenvalue weighted by Gasteiger charge is 2.62. The lowest BCUT2D eigenvalue weighted by Gasteiger charge is -2.62. The molecule has 4 aliphatic carbocycles. The topological polar surface area (TPSA) is 69.6 Å². The smallest absolute Gasteiger partial charge is 0.220 e. The molecule has 0 aliphatic heterocycles. The molecule has 5 rings (SSSR count). The van der Waals surface area contributed by atoms with E-state index in [1.54, 1.807) is 11.3 Å². The lowest BCUT2D eigenvalue weighted by atomic mass is 9.43. The van der Waals surface area contributed by atoms with Gasteiger partial charge in [0, 0.05) is 11.3 Å². The summed E-state index contributed by atoms with van der Waals surface area (Å²) >= 11 is 5.25. The molecule has 0 spiro atoms. The maximum atomic E-state index is 13.2. The molecule has 36 heavy (non-hydrogen) atoms.